The molecule has 3 aromatic carbocycles. The van der Waals surface area contributed by atoms with E-state index in [0.29, 0.717) is 40.0 Å². The number of aromatic nitrogens is 5. The van der Waals surface area contributed by atoms with Crippen LogP contribution in [0.25, 0.3) is 28.4 Å². The Kier molecular flexibility index (Phi) is 6.60. The maximum atomic E-state index is 12.6. The Morgan fingerprint density at radius 1 is 0.744 bits per heavy atom. The predicted molar refractivity (Wildman–Crippen MR) is 147 cm³/mol. The van der Waals surface area contributed by atoms with E-state index in [0.717, 1.165) is 11.3 Å². The van der Waals surface area contributed by atoms with Gasteiger partial charge in [0, 0.05) is 17.4 Å². The summed E-state index contributed by atoms with van der Waals surface area (Å²) in [5.41, 5.74) is 3.44. The van der Waals surface area contributed by atoms with Crippen LogP contribution in [0.3, 0.4) is 0 Å². The number of ether oxygens (including phenoxy) is 2. The quantitative estimate of drug-likeness (QED) is 0.279. The average Bonchev–Trinajstić information content (AvgIpc) is 3.41. The van der Waals surface area contributed by atoms with E-state index in [4.69, 9.17) is 14.6 Å². The molecule has 6 rings (SSSR count). The highest BCUT2D eigenvalue weighted by atomic mass is 16.5. The molecule has 3 heterocycles. The van der Waals surface area contributed by atoms with E-state index in [1.807, 2.05) is 84.9 Å². The van der Waals surface area contributed by atoms with E-state index in [1.165, 1.54) is 0 Å². The van der Waals surface area contributed by atoms with Crippen LogP contribution in [0.4, 0.5) is 5.69 Å². The molecular weight excluding hydrogens is 492 g/mol. The van der Waals surface area contributed by atoms with Crippen molar-refractivity contribution in [2.75, 3.05) is 11.9 Å². The normalized spacial score (nSPS) is 10.8. The molecule has 0 saturated heterocycles. The number of anilines is 1. The predicted octanol–water partition coefficient (Wildman–Crippen LogP) is 5.66. The molecule has 1 amide bonds. The summed E-state index contributed by atoms with van der Waals surface area (Å²) in [6.45, 7) is -0.137. The molecule has 0 radical (unpaired) electrons. The number of amides is 1. The molecule has 0 spiro atoms. The van der Waals surface area contributed by atoms with Crippen LogP contribution in [0.2, 0.25) is 0 Å². The van der Waals surface area contributed by atoms with Crippen molar-refractivity contribution in [3.8, 4) is 40.0 Å². The molecule has 0 saturated carbocycles. The number of rotatable bonds is 8. The summed E-state index contributed by atoms with van der Waals surface area (Å²) in [5.74, 6) is 2.26. The minimum atomic E-state index is -0.281. The van der Waals surface area contributed by atoms with Crippen LogP contribution in [0.5, 0.6) is 17.2 Å². The van der Waals surface area contributed by atoms with Gasteiger partial charge in [0.2, 0.25) is 5.82 Å². The highest BCUT2D eigenvalue weighted by Crippen LogP contribution is 2.25. The van der Waals surface area contributed by atoms with Crippen molar-refractivity contribution >= 4 is 17.2 Å². The number of hydrogen-bond acceptors (Lipinski definition) is 7. The molecule has 0 aliphatic heterocycles. The molecule has 0 fully saturated rings. The Morgan fingerprint density at radius 2 is 1.54 bits per heavy atom. The zero-order chi connectivity index (χ0) is 26.4. The fraction of sp³-hybridized carbons (Fsp3) is 0.0333. The summed E-state index contributed by atoms with van der Waals surface area (Å²) in [5, 5.41) is 16.0. The van der Waals surface area contributed by atoms with Crippen molar-refractivity contribution in [1.82, 2.24) is 24.8 Å². The van der Waals surface area contributed by atoms with Crippen molar-refractivity contribution in [2.24, 2.45) is 0 Å². The van der Waals surface area contributed by atoms with Crippen molar-refractivity contribution in [1.29, 1.82) is 0 Å². The summed E-state index contributed by atoms with van der Waals surface area (Å²) in [6.07, 6.45) is 1.70. The van der Waals surface area contributed by atoms with Crippen LogP contribution in [-0.4, -0.2) is 37.3 Å². The molecule has 9 heteroatoms. The summed E-state index contributed by atoms with van der Waals surface area (Å²) >= 11 is 0. The molecule has 39 heavy (non-hydrogen) atoms. The van der Waals surface area contributed by atoms with E-state index in [1.54, 1.807) is 35.0 Å². The van der Waals surface area contributed by atoms with Crippen LogP contribution in [0.15, 0.2) is 115 Å². The molecule has 9 nitrogen and oxygen atoms in total. The topological polar surface area (TPSA) is 104 Å². The second-order valence-electron chi connectivity index (χ2n) is 8.53. The molecule has 0 atom stereocenters. The van der Waals surface area contributed by atoms with Gasteiger partial charge in [-0.05, 0) is 72.8 Å². The van der Waals surface area contributed by atoms with E-state index in [-0.39, 0.29) is 12.5 Å². The lowest BCUT2D eigenvalue weighted by molar-refractivity contribution is -0.118. The molecule has 3 aromatic heterocycles. The Morgan fingerprint density at radius 3 is 2.36 bits per heavy atom. The van der Waals surface area contributed by atoms with Gasteiger partial charge in [-0.3, -0.25) is 9.78 Å². The first-order valence-electron chi connectivity index (χ1n) is 12.2. The monoisotopic (exact) mass is 514 g/mol. The smallest absolute Gasteiger partial charge is 0.262 e. The zero-order valence-electron chi connectivity index (χ0n) is 20.6. The molecule has 0 aliphatic rings. The number of para-hydroxylation sites is 1. The fourth-order valence-electron chi connectivity index (χ4n) is 3.93. The number of carbonyl (C=O) groups excluding carboxylic acids is 1. The van der Waals surface area contributed by atoms with Crippen molar-refractivity contribution in [3.63, 3.8) is 0 Å². The van der Waals surface area contributed by atoms with Crippen LogP contribution in [-0.2, 0) is 4.79 Å². The third kappa shape index (κ3) is 5.57. The molecular formula is C30H22N6O3. The zero-order valence-corrected chi connectivity index (χ0v) is 20.6. The second-order valence-corrected chi connectivity index (χ2v) is 8.53. The Labute approximate surface area is 223 Å². The second kappa shape index (κ2) is 10.8. The standard InChI is InChI=1S/C30H22N6O3/c37-29(20-38-23-12-14-25(15-13-23)39-24-9-2-1-3-10-24)32-22-8-6-7-21(19-22)26-16-17-28-33-34-30(36(28)35-26)27-11-4-5-18-31-27/h1-19H,20H2,(H,32,37). The lowest BCUT2D eigenvalue weighted by atomic mass is 10.1. The lowest BCUT2D eigenvalue weighted by Crippen LogP contribution is -2.20. The number of nitrogens with zero attached hydrogens (tertiary/aromatic N) is 5. The molecule has 190 valence electrons. The number of benzene rings is 3. The molecule has 1 N–H and O–H groups in total. The fourth-order valence-corrected chi connectivity index (χ4v) is 3.93. The van der Waals surface area contributed by atoms with Crippen LogP contribution in [0, 0.1) is 0 Å². The molecule has 0 aliphatic carbocycles. The first-order valence-corrected chi connectivity index (χ1v) is 12.2. The van der Waals surface area contributed by atoms with E-state index in [2.05, 4.69) is 20.5 Å². The van der Waals surface area contributed by atoms with E-state index >= 15 is 0 Å². The van der Waals surface area contributed by atoms with Gasteiger partial charge in [-0.25, -0.2) is 0 Å². The maximum Gasteiger partial charge on any atom is 0.262 e. The van der Waals surface area contributed by atoms with Gasteiger partial charge < -0.3 is 14.8 Å². The minimum absolute atomic E-state index is 0.137. The van der Waals surface area contributed by atoms with Gasteiger partial charge in [0.15, 0.2) is 12.3 Å². The minimum Gasteiger partial charge on any atom is -0.484 e. The van der Waals surface area contributed by atoms with Crippen molar-refractivity contribution in [2.45, 2.75) is 0 Å². The Hall–Kier alpha value is -5.57. The van der Waals surface area contributed by atoms with Gasteiger partial charge in [0.05, 0.1) is 5.69 Å². The summed E-state index contributed by atoms with van der Waals surface area (Å²) in [6, 6.07) is 33.4. The number of pyridine rings is 1. The van der Waals surface area contributed by atoms with Gasteiger partial charge in [-0.15, -0.1) is 10.2 Å². The average molecular weight is 515 g/mol. The third-order valence-electron chi connectivity index (χ3n) is 5.77. The number of nitrogens with one attached hydrogen (secondary N) is 1. The molecule has 6 aromatic rings. The maximum absolute atomic E-state index is 12.6. The highest BCUT2D eigenvalue weighted by Gasteiger charge is 2.12. The molecule has 0 bridgehead atoms. The number of carbonyl (C=O) groups is 1. The number of hydrogen-bond donors (Lipinski definition) is 1. The largest absolute Gasteiger partial charge is 0.484 e. The number of fused-ring (bicyclic) bond motifs is 1. The van der Waals surface area contributed by atoms with Crippen molar-refractivity contribution in [3.05, 3.63) is 115 Å². The van der Waals surface area contributed by atoms with Crippen LogP contribution >= 0.6 is 0 Å². The van der Waals surface area contributed by atoms with Gasteiger partial charge in [0.1, 0.15) is 22.9 Å². The summed E-state index contributed by atoms with van der Waals surface area (Å²) < 4.78 is 13.1. The van der Waals surface area contributed by atoms with Gasteiger partial charge in [-0.2, -0.15) is 9.61 Å². The van der Waals surface area contributed by atoms with Gasteiger partial charge >= 0.3 is 0 Å². The highest BCUT2D eigenvalue weighted by molar-refractivity contribution is 5.92. The summed E-state index contributed by atoms with van der Waals surface area (Å²) in [4.78, 5) is 16.9. The Bertz CT molecular complexity index is 1720. The Balaban J connectivity index is 1.10. The van der Waals surface area contributed by atoms with Crippen LogP contribution < -0.4 is 14.8 Å². The van der Waals surface area contributed by atoms with Crippen LogP contribution in [0.1, 0.15) is 0 Å². The SMILES string of the molecule is O=C(COc1ccc(Oc2ccccc2)cc1)Nc1cccc(-c2ccc3nnc(-c4ccccn4)n3n2)c1. The van der Waals surface area contributed by atoms with E-state index < -0.39 is 0 Å². The first kappa shape index (κ1) is 23.8. The van der Waals surface area contributed by atoms with Gasteiger partial charge in [0.25, 0.3) is 5.91 Å². The summed E-state index contributed by atoms with van der Waals surface area (Å²) in [7, 11) is 0. The first-order chi connectivity index (χ1) is 19.2. The lowest BCUT2D eigenvalue weighted by Gasteiger charge is -2.10. The molecule has 0 unspecified atom stereocenters. The van der Waals surface area contributed by atoms with E-state index in [9.17, 15) is 4.79 Å². The third-order valence-corrected chi connectivity index (χ3v) is 5.77. The van der Waals surface area contributed by atoms with Gasteiger partial charge in [-0.1, -0.05) is 36.4 Å². The van der Waals surface area contributed by atoms with Crippen molar-refractivity contribution < 1.29 is 14.3 Å².